The molecule has 0 aromatic heterocycles. The van der Waals surface area contributed by atoms with Crippen molar-refractivity contribution in [3.05, 3.63) is 0 Å². The van der Waals surface area contributed by atoms with Gasteiger partial charge in [-0.15, -0.1) is 12.3 Å². The predicted octanol–water partition coefficient (Wildman–Crippen LogP) is 0.111. The number of amides is 1. The maximum Gasteiger partial charge on any atom is 0.220 e. The molecule has 0 spiro atoms. The first-order valence-electron chi connectivity index (χ1n) is 4.11. The van der Waals surface area contributed by atoms with Gasteiger partial charge in [-0.05, 0) is 12.5 Å². The number of nitrogens with two attached hydrogens (primary N) is 1. The van der Waals surface area contributed by atoms with E-state index >= 15 is 0 Å². The number of terminal acetylenes is 1. The Balaban J connectivity index is 3.41. The molecule has 0 bridgehead atoms. The van der Waals surface area contributed by atoms with Crippen molar-refractivity contribution in [2.75, 3.05) is 13.1 Å². The van der Waals surface area contributed by atoms with Gasteiger partial charge in [0.05, 0.1) is 0 Å². The molecule has 0 heterocycles. The van der Waals surface area contributed by atoms with Crippen LogP contribution in [-0.2, 0) is 4.79 Å². The number of nitrogens with one attached hydrogen (secondary N) is 1. The molecule has 3 heteroatoms. The van der Waals surface area contributed by atoms with E-state index in [0.29, 0.717) is 25.9 Å². The third kappa shape index (κ3) is 5.75. The minimum atomic E-state index is 0.0307. The largest absolute Gasteiger partial charge is 0.355 e. The first-order chi connectivity index (χ1) is 5.70. The second-order valence-corrected chi connectivity index (χ2v) is 2.85. The molecule has 68 valence electrons. The lowest BCUT2D eigenvalue weighted by atomic mass is 10.1. The van der Waals surface area contributed by atoms with E-state index in [0.717, 1.165) is 0 Å². The maximum absolute atomic E-state index is 11.1. The van der Waals surface area contributed by atoms with E-state index in [2.05, 4.69) is 11.2 Å². The lowest BCUT2D eigenvalue weighted by molar-refractivity contribution is -0.121. The molecule has 3 N–H and O–H groups in total. The van der Waals surface area contributed by atoms with Gasteiger partial charge >= 0.3 is 0 Å². The predicted molar refractivity (Wildman–Crippen MR) is 49.3 cm³/mol. The molecule has 0 aliphatic rings. The Morgan fingerprint density at radius 1 is 1.75 bits per heavy atom. The molecule has 0 aromatic rings. The van der Waals surface area contributed by atoms with Gasteiger partial charge < -0.3 is 11.1 Å². The van der Waals surface area contributed by atoms with Crippen LogP contribution in [0.25, 0.3) is 0 Å². The molecule has 3 nitrogen and oxygen atoms in total. The fraction of sp³-hybridized carbons (Fsp3) is 0.667. The van der Waals surface area contributed by atoms with E-state index in [9.17, 15) is 4.79 Å². The zero-order valence-corrected chi connectivity index (χ0v) is 7.47. The highest BCUT2D eigenvalue weighted by molar-refractivity contribution is 5.76. The molecule has 1 atom stereocenters. The Morgan fingerprint density at radius 3 is 2.92 bits per heavy atom. The van der Waals surface area contributed by atoms with Gasteiger partial charge in [0.2, 0.25) is 5.91 Å². The van der Waals surface area contributed by atoms with Gasteiger partial charge in [0.25, 0.3) is 0 Å². The number of hydrogen-bond donors (Lipinski definition) is 2. The Kier molecular flexibility index (Phi) is 6.12. The fourth-order valence-electron chi connectivity index (χ4n) is 0.746. The quantitative estimate of drug-likeness (QED) is 0.452. The molecular formula is C9H16N2O. The van der Waals surface area contributed by atoms with Crippen LogP contribution in [0, 0.1) is 18.3 Å². The van der Waals surface area contributed by atoms with Crippen LogP contribution < -0.4 is 11.1 Å². The molecule has 0 aliphatic heterocycles. The first-order valence-corrected chi connectivity index (χ1v) is 4.11. The van der Waals surface area contributed by atoms with Gasteiger partial charge in [-0.25, -0.2) is 0 Å². The summed E-state index contributed by atoms with van der Waals surface area (Å²) in [4.78, 5) is 11.1. The van der Waals surface area contributed by atoms with E-state index < -0.39 is 0 Å². The van der Waals surface area contributed by atoms with Crippen LogP contribution in [0.1, 0.15) is 19.8 Å². The second-order valence-electron chi connectivity index (χ2n) is 2.85. The van der Waals surface area contributed by atoms with Crippen LogP contribution in [0.2, 0.25) is 0 Å². The average Bonchev–Trinajstić information content (AvgIpc) is 2.05. The van der Waals surface area contributed by atoms with E-state index in [4.69, 9.17) is 12.2 Å². The highest BCUT2D eigenvalue weighted by Crippen LogP contribution is 1.97. The van der Waals surface area contributed by atoms with Crippen molar-refractivity contribution in [1.82, 2.24) is 5.32 Å². The summed E-state index contributed by atoms with van der Waals surface area (Å²) in [6.45, 7) is 3.05. The van der Waals surface area contributed by atoms with Crippen molar-refractivity contribution < 1.29 is 4.79 Å². The molecule has 0 rings (SSSR count). The molecule has 0 fully saturated rings. The highest BCUT2D eigenvalue weighted by atomic mass is 16.1. The summed E-state index contributed by atoms with van der Waals surface area (Å²) >= 11 is 0. The molecule has 0 radical (unpaired) electrons. The van der Waals surface area contributed by atoms with Gasteiger partial charge in [0, 0.05) is 19.4 Å². The summed E-state index contributed by atoms with van der Waals surface area (Å²) in [5.74, 6) is 2.73. The van der Waals surface area contributed by atoms with E-state index in [1.54, 1.807) is 0 Å². The standard InChI is InChI=1S/C9H16N2O/c1-3-4-5-11-9(12)6-8(2)7-10/h1,8H,4-7,10H2,2H3,(H,11,12). The maximum atomic E-state index is 11.1. The fourth-order valence-corrected chi connectivity index (χ4v) is 0.746. The van der Waals surface area contributed by atoms with Crippen molar-refractivity contribution in [2.24, 2.45) is 11.7 Å². The minimum absolute atomic E-state index is 0.0307. The normalized spacial score (nSPS) is 11.8. The summed E-state index contributed by atoms with van der Waals surface area (Å²) in [7, 11) is 0. The minimum Gasteiger partial charge on any atom is -0.355 e. The number of carbonyl (C=O) groups excluding carboxylic acids is 1. The van der Waals surface area contributed by atoms with Crippen LogP contribution in [0.3, 0.4) is 0 Å². The number of carbonyl (C=O) groups is 1. The molecule has 1 amide bonds. The van der Waals surface area contributed by atoms with Gasteiger partial charge in [0.1, 0.15) is 0 Å². The molecule has 0 aromatic carbocycles. The van der Waals surface area contributed by atoms with Crippen molar-refractivity contribution in [3.8, 4) is 12.3 Å². The second kappa shape index (κ2) is 6.68. The SMILES string of the molecule is C#CCCNC(=O)CC(C)CN. The molecular weight excluding hydrogens is 152 g/mol. The smallest absolute Gasteiger partial charge is 0.220 e. The molecule has 1 unspecified atom stereocenters. The number of rotatable bonds is 5. The Hall–Kier alpha value is -1.01. The lowest BCUT2D eigenvalue weighted by Crippen LogP contribution is -2.27. The van der Waals surface area contributed by atoms with Gasteiger partial charge in [0.15, 0.2) is 0 Å². The monoisotopic (exact) mass is 168 g/mol. The van der Waals surface area contributed by atoms with E-state index in [-0.39, 0.29) is 11.8 Å². The molecule has 0 saturated carbocycles. The first kappa shape index (κ1) is 11.0. The third-order valence-electron chi connectivity index (χ3n) is 1.53. The van der Waals surface area contributed by atoms with Crippen LogP contribution in [0.4, 0.5) is 0 Å². The van der Waals surface area contributed by atoms with E-state index in [1.807, 2.05) is 6.92 Å². The Morgan fingerprint density at radius 2 is 2.42 bits per heavy atom. The zero-order chi connectivity index (χ0) is 9.40. The van der Waals surface area contributed by atoms with Gasteiger partial charge in [-0.1, -0.05) is 6.92 Å². The zero-order valence-electron chi connectivity index (χ0n) is 7.47. The summed E-state index contributed by atoms with van der Waals surface area (Å²) < 4.78 is 0. The van der Waals surface area contributed by atoms with Crippen LogP contribution >= 0.6 is 0 Å². The highest BCUT2D eigenvalue weighted by Gasteiger charge is 2.05. The molecule has 0 aliphatic carbocycles. The van der Waals surface area contributed by atoms with Crippen LogP contribution in [0.5, 0.6) is 0 Å². The van der Waals surface area contributed by atoms with Crippen molar-refractivity contribution in [1.29, 1.82) is 0 Å². The summed E-state index contributed by atoms with van der Waals surface area (Å²) in [6, 6.07) is 0. The van der Waals surface area contributed by atoms with Crippen molar-refractivity contribution >= 4 is 5.91 Å². The molecule has 12 heavy (non-hydrogen) atoms. The third-order valence-corrected chi connectivity index (χ3v) is 1.53. The Bertz CT molecular complexity index is 172. The van der Waals surface area contributed by atoms with Crippen LogP contribution in [0.15, 0.2) is 0 Å². The van der Waals surface area contributed by atoms with Gasteiger partial charge in [-0.3, -0.25) is 4.79 Å². The van der Waals surface area contributed by atoms with Crippen molar-refractivity contribution in [2.45, 2.75) is 19.8 Å². The number of hydrogen-bond acceptors (Lipinski definition) is 2. The van der Waals surface area contributed by atoms with E-state index in [1.165, 1.54) is 0 Å². The summed E-state index contributed by atoms with van der Waals surface area (Å²) in [6.07, 6.45) is 6.09. The summed E-state index contributed by atoms with van der Waals surface area (Å²) in [5, 5.41) is 2.71. The summed E-state index contributed by atoms with van der Waals surface area (Å²) in [5.41, 5.74) is 5.36. The topological polar surface area (TPSA) is 55.1 Å². The van der Waals surface area contributed by atoms with Crippen LogP contribution in [-0.4, -0.2) is 19.0 Å². The Labute approximate surface area is 73.7 Å². The average molecular weight is 168 g/mol. The van der Waals surface area contributed by atoms with Gasteiger partial charge in [-0.2, -0.15) is 0 Å². The van der Waals surface area contributed by atoms with Crippen molar-refractivity contribution in [3.63, 3.8) is 0 Å². The lowest BCUT2D eigenvalue weighted by Gasteiger charge is -2.07. The molecule has 0 saturated heterocycles.